The monoisotopic (exact) mass is 630 g/mol. The molecule has 0 aliphatic heterocycles. The van der Waals surface area contributed by atoms with Gasteiger partial charge in [0.05, 0.1) is 12.5 Å². The number of benzene rings is 2. The van der Waals surface area contributed by atoms with Crippen LogP contribution in [0, 0.1) is 34.5 Å². The summed E-state index contributed by atoms with van der Waals surface area (Å²) in [5.41, 5.74) is 4.76. The highest BCUT2D eigenvalue weighted by Crippen LogP contribution is 2.74. The van der Waals surface area contributed by atoms with Crippen molar-refractivity contribution in [3.63, 3.8) is 0 Å². The smallest absolute Gasteiger partial charge is 0.328 e. The van der Waals surface area contributed by atoms with Gasteiger partial charge in [0.25, 0.3) is 0 Å². The quantitative estimate of drug-likeness (QED) is 0.152. The van der Waals surface area contributed by atoms with Crippen LogP contribution < -0.4 is 4.74 Å². The molecule has 6 unspecified atom stereocenters. The molecule has 7 heteroatoms. The number of carboxylic acid groups (broad SMARTS) is 2. The molecule has 6 rings (SSSR count). The highest BCUT2D eigenvalue weighted by atomic mass is 16.5. The van der Waals surface area contributed by atoms with Gasteiger partial charge in [0.1, 0.15) is 5.75 Å². The number of carbonyl (C=O) groups is 2. The van der Waals surface area contributed by atoms with Gasteiger partial charge < -0.3 is 25.2 Å². The predicted octanol–water partition coefficient (Wildman–Crippen LogP) is 8.44. The summed E-state index contributed by atoms with van der Waals surface area (Å²) in [6.07, 6.45) is 12.6. The molecule has 0 amide bonds. The molecule has 7 nitrogen and oxygen atoms in total. The number of carboxylic acids is 2. The number of hydrogen-bond donors (Lipinski definition) is 4. The number of aliphatic carboxylic acids is 2. The minimum Gasteiger partial charge on any atom is -0.504 e. The minimum atomic E-state index is -0.967. The van der Waals surface area contributed by atoms with E-state index < -0.39 is 17.4 Å². The van der Waals surface area contributed by atoms with E-state index in [4.69, 9.17) is 9.84 Å². The number of para-hydroxylation sites is 1. The summed E-state index contributed by atoms with van der Waals surface area (Å²) >= 11 is 0. The van der Waals surface area contributed by atoms with Crippen molar-refractivity contribution in [2.45, 2.75) is 98.3 Å². The lowest BCUT2D eigenvalue weighted by Gasteiger charge is -2.69. The van der Waals surface area contributed by atoms with Crippen molar-refractivity contribution < 1.29 is 34.8 Å². The highest BCUT2D eigenvalue weighted by molar-refractivity contribution is 5.85. The number of rotatable bonds is 4. The van der Waals surface area contributed by atoms with Crippen molar-refractivity contribution in [1.82, 2.24) is 0 Å². The van der Waals surface area contributed by atoms with E-state index in [1.54, 1.807) is 19.2 Å². The van der Waals surface area contributed by atoms with Crippen LogP contribution in [0.2, 0.25) is 0 Å². The Hall–Kier alpha value is -3.74. The second-order valence-corrected chi connectivity index (χ2v) is 15.5. The summed E-state index contributed by atoms with van der Waals surface area (Å²) in [5, 5.41) is 39.3. The maximum absolute atomic E-state index is 12.3. The fraction of sp³-hybridized carbons (Fsp3) is 0.538. The van der Waals surface area contributed by atoms with E-state index in [9.17, 15) is 24.9 Å². The van der Waals surface area contributed by atoms with Crippen LogP contribution in [0.3, 0.4) is 0 Å². The number of phenolic OH excluding ortho intramolecular Hbond substituents is 2. The third kappa shape index (κ3) is 5.10. The van der Waals surface area contributed by atoms with E-state index >= 15 is 0 Å². The average molecular weight is 631 g/mol. The standard InChI is InChI=1S/C29H40O4.C10H10O3/c1-17-18-7-8-21-27(4,19(18)15-20(30)23(17)31)12-14-29(6)22-16-26(3,24(32)33)10-9-25(22,2)11-13-28(21,29)5;1-13-9-5-3-2-4-8(9)6-7-10(11)12/h8,15,22,30-31H,7,9-14,16H2,1-6H3,(H,32,33);2-7H,1H3,(H,11,12). The zero-order valence-electron chi connectivity index (χ0n) is 28.4. The van der Waals surface area contributed by atoms with Gasteiger partial charge in [-0.15, -0.1) is 0 Å². The SMILES string of the molecule is COc1ccccc1C=CC(=O)O.Cc1c(O)c(O)cc2c1CC=C1C2(C)CCC2(C)C3CC(C)(C(=O)O)CCC3(C)CCC12C. The number of allylic oxidation sites excluding steroid dienone is 2. The summed E-state index contributed by atoms with van der Waals surface area (Å²) in [6.45, 7) is 13.5. The highest BCUT2D eigenvalue weighted by Gasteiger charge is 2.67. The van der Waals surface area contributed by atoms with Crippen LogP contribution in [0.25, 0.3) is 6.08 Å². The topological polar surface area (TPSA) is 124 Å². The van der Waals surface area contributed by atoms with Crippen molar-refractivity contribution in [2.24, 2.45) is 27.6 Å². The number of phenols is 2. The van der Waals surface area contributed by atoms with Gasteiger partial charge in [-0.05, 0) is 122 Å². The summed E-state index contributed by atoms with van der Waals surface area (Å²) in [4.78, 5) is 22.5. The Morgan fingerprint density at radius 3 is 2.26 bits per heavy atom. The molecular formula is C39H50O7. The molecule has 0 aromatic heterocycles. The first-order chi connectivity index (χ1) is 21.5. The van der Waals surface area contributed by atoms with Crippen LogP contribution in [-0.4, -0.2) is 39.5 Å². The van der Waals surface area contributed by atoms with E-state index in [1.807, 2.05) is 32.0 Å². The first-order valence-electron chi connectivity index (χ1n) is 16.5. The predicted molar refractivity (Wildman–Crippen MR) is 179 cm³/mol. The van der Waals surface area contributed by atoms with Crippen LogP contribution in [-0.2, 0) is 21.4 Å². The number of fused-ring (bicyclic) bond motifs is 7. The molecule has 2 aromatic rings. The van der Waals surface area contributed by atoms with Gasteiger partial charge in [-0.2, -0.15) is 0 Å². The molecule has 4 N–H and O–H groups in total. The molecule has 2 aromatic carbocycles. The molecule has 3 saturated carbocycles. The molecule has 0 saturated heterocycles. The van der Waals surface area contributed by atoms with Crippen molar-refractivity contribution >= 4 is 18.0 Å². The molecule has 3 fully saturated rings. The third-order valence-electron chi connectivity index (χ3n) is 13.1. The van der Waals surface area contributed by atoms with E-state index in [-0.39, 0.29) is 33.2 Å². The Balaban J connectivity index is 0.000000270. The van der Waals surface area contributed by atoms with Gasteiger partial charge in [0.15, 0.2) is 11.5 Å². The van der Waals surface area contributed by atoms with E-state index in [0.29, 0.717) is 11.7 Å². The van der Waals surface area contributed by atoms with Crippen LogP contribution >= 0.6 is 0 Å². The largest absolute Gasteiger partial charge is 0.504 e. The Bertz CT molecular complexity index is 1620. The molecule has 0 spiro atoms. The van der Waals surface area contributed by atoms with Crippen molar-refractivity contribution in [3.8, 4) is 17.2 Å². The first kappa shape index (κ1) is 33.6. The maximum atomic E-state index is 12.3. The molecule has 0 heterocycles. The number of methoxy groups -OCH3 is 1. The fourth-order valence-electron chi connectivity index (χ4n) is 9.86. The zero-order chi connectivity index (χ0) is 33.9. The summed E-state index contributed by atoms with van der Waals surface area (Å²) in [7, 11) is 1.55. The Kier molecular flexibility index (Phi) is 8.40. The molecule has 0 bridgehead atoms. The van der Waals surface area contributed by atoms with Gasteiger partial charge in [-0.3, -0.25) is 4.79 Å². The Morgan fingerprint density at radius 1 is 0.935 bits per heavy atom. The Morgan fingerprint density at radius 2 is 1.61 bits per heavy atom. The number of hydrogen-bond acceptors (Lipinski definition) is 5. The number of ether oxygens (including phenoxy) is 1. The second-order valence-electron chi connectivity index (χ2n) is 15.5. The average Bonchev–Trinajstić information content (AvgIpc) is 3.01. The zero-order valence-corrected chi connectivity index (χ0v) is 28.4. The van der Waals surface area contributed by atoms with Crippen LogP contribution in [0.4, 0.5) is 0 Å². The minimum absolute atomic E-state index is 0.00431. The lowest BCUT2D eigenvalue weighted by Crippen LogP contribution is -2.62. The number of aromatic hydroxyl groups is 2. The van der Waals surface area contributed by atoms with Crippen molar-refractivity contribution in [2.75, 3.05) is 7.11 Å². The van der Waals surface area contributed by atoms with E-state index in [2.05, 4.69) is 33.8 Å². The second kappa shape index (κ2) is 11.5. The first-order valence-corrected chi connectivity index (χ1v) is 16.5. The molecule has 4 aliphatic rings. The lowest BCUT2D eigenvalue weighted by molar-refractivity contribution is -0.177. The summed E-state index contributed by atoms with van der Waals surface area (Å²) in [6, 6.07) is 9.03. The molecule has 46 heavy (non-hydrogen) atoms. The van der Waals surface area contributed by atoms with Crippen LogP contribution in [0.1, 0.15) is 102 Å². The molecule has 0 radical (unpaired) electrons. The molecule has 6 atom stereocenters. The van der Waals surface area contributed by atoms with Gasteiger partial charge in [-0.1, -0.05) is 57.5 Å². The van der Waals surface area contributed by atoms with E-state index in [1.165, 1.54) is 17.2 Å². The van der Waals surface area contributed by atoms with Crippen LogP contribution in [0.15, 0.2) is 48.1 Å². The molecule has 248 valence electrons. The van der Waals surface area contributed by atoms with E-state index in [0.717, 1.165) is 74.1 Å². The lowest BCUT2D eigenvalue weighted by atomic mass is 9.34. The van der Waals surface area contributed by atoms with Crippen molar-refractivity contribution in [1.29, 1.82) is 0 Å². The summed E-state index contributed by atoms with van der Waals surface area (Å²) < 4.78 is 5.03. The van der Waals surface area contributed by atoms with Gasteiger partial charge in [0, 0.05) is 17.1 Å². The van der Waals surface area contributed by atoms with Crippen LogP contribution in [0.5, 0.6) is 17.2 Å². The molecular weight excluding hydrogens is 580 g/mol. The summed E-state index contributed by atoms with van der Waals surface area (Å²) in [5.74, 6) is -0.582. The van der Waals surface area contributed by atoms with Gasteiger partial charge in [-0.25, -0.2) is 4.79 Å². The maximum Gasteiger partial charge on any atom is 0.328 e. The normalized spacial score (nSPS) is 34.5. The van der Waals surface area contributed by atoms with Crippen molar-refractivity contribution in [3.05, 3.63) is 70.3 Å². The molecule has 4 aliphatic carbocycles. The van der Waals surface area contributed by atoms with Gasteiger partial charge in [0.2, 0.25) is 0 Å². The van der Waals surface area contributed by atoms with Gasteiger partial charge >= 0.3 is 11.9 Å². The third-order valence-corrected chi connectivity index (χ3v) is 13.1. The Labute approximate surface area is 273 Å². The fourth-order valence-corrected chi connectivity index (χ4v) is 9.86.